The number of anilines is 2. The van der Waals surface area contributed by atoms with E-state index in [9.17, 15) is 14.9 Å². The van der Waals surface area contributed by atoms with E-state index in [1.807, 2.05) is 72.6 Å². The van der Waals surface area contributed by atoms with E-state index in [1.165, 1.54) is 0 Å². The van der Waals surface area contributed by atoms with Gasteiger partial charge < -0.3 is 25.4 Å². The molecular formula is C33H34N6O4S2. The molecule has 232 valence electrons. The molecule has 4 rings (SSSR count). The number of hydrogen-bond acceptors (Lipinski definition) is 11. The molecule has 1 amide bonds. The number of methoxy groups -OCH3 is 1. The molecule has 4 aromatic rings. The third-order valence-electron chi connectivity index (χ3n) is 6.80. The molecule has 4 N–H and O–H groups in total. The van der Waals surface area contributed by atoms with Gasteiger partial charge in [0.15, 0.2) is 0 Å². The maximum atomic E-state index is 12.8. The number of nitriles is 1. The van der Waals surface area contributed by atoms with Crippen LogP contribution < -0.4 is 20.7 Å². The molecule has 0 atom stereocenters. The van der Waals surface area contributed by atoms with E-state index in [2.05, 4.69) is 16.4 Å². The quantitative estimate of drug-likeness (QED) is 0.0665. The second kappa shape index (κ2) is 16.5. The van der Waals surface area contributed by atoms with Crippen LogP contribution in [0.3, 0.4) is 0 Å². The molecule has 0 aliphatic heterocycles. The highest BCUT2D eigenvalue weighted by Crippen LogP contribution is 2.34. The van der Waals surface area contributed by atoms with Crippen LogP contribution >= 0.6 is 21.6 Å². The van der Waals surface area contributed by atoms with Crippen LogP contribution in [0, 0.1) is 16.7 Å². The Morgan fingerprint density at radius 2 is 1.89 bits per heavy atom. The van der Waals surface area contributed by atoms with Crippen molar-refractivity contribution in [2.45, 2.75) is 24.3 Å². The van der Waals surface area contributed by atoms with Crippen LogP contribution in [0.2, 0.25) is 0 Å². The number of fused-ring (bicyclic) bond motifs is 1. The van der Waals surface area contributed by atoms with Gasteiger partial charge >= 0.3 is 5.97 Å². The number of rotatable bonds is 15. The Hall–Kier alpha value is -4.57. The average molecular weight is 643 g/mol. The minimum atomic E-state index is -0.703. The molecule has 0 saturated heterocycles. The van der Waals surface area contributed by atoms with E-state index < -0.39 is 5.97 Å². The molecule has 12 heteroatoms. The van der Waals surface area contributed by atoms with Gasteiger partial charge in [0.05, 0.1) is 24.9 Å². The van der Waals surface area contributed by atoms with Crippen LogP contribution in [-0.4, -0.2) is 55.6 Å². The first kappa shape index (κ1) is 33.3. The normalized spacial score (nSPS) is 10.6. The fourth-order valence-corrected chi connectivity index (χ4v) is 6.50. The minimum absolute atomic E-state index is 0.00292. The fourth-order valence-electron chi connectivity index (χ4n) is 4.42. The molecule has 1 aromatic heterocycles. The third-order valence-corrected chi connectivity index (χ3v) is 9.26. The fraction of sp³-hybridized carbons (Fsp3) is 0.242. The first-order valence-electron chi connectivity index (χ1n) is 14.1. The van der Waals surface area contributed by atoms with Crippen molar-refractivity contribution in [2.24, 2.45) is 5.73 Å². The van der Waals surface area contributed by atoms with E-state index in [4.69, 9.17) is 20.6 Å². The molecule has 45 heavy (non-hydrogen) atoms. The Balaban J connectivity index is 1.34. The number of nitrogens with two attached hydrogens (primary N) is 1. The summed E-state index contributed by atoms with van der Waals surface area (Å²) in [5, 5.41) is 21.6. The number of ether oxygens (including phenoxy) is 2. The van der Waals surface area contributed by atoms with Gasteiger partial charge in [0.25, 0.3) is 0 Å². The monoisotopic (exact) mass is 642 g/mol. The van der Waals surface area contributed by atoms with Crippen molar-refractivity contribution in [3.8, 4) is 11.8 Å². The average Bonchev–Trinajstić information content (AvgIpc) is 3.08. The topological polar surface area (TPSA) is 154 Å². The SMILES string of the molecule is COc1ccc(N(C)c2cc(C#N)nc3ccccc23)cc1CC(=N)C(=O)OCc1ccc(SSCCCNC(=O)CN)cc1. The smallest absolute Gasteiger partial charge is 0.352 e. The lowest BCUT2D eigenvalue weighted by Crippen LogP contribution is -2.31. The number of hydrogen-bond donors (Lipinski definition) is 3. The Morgan fingerprint density at radius 1 is 1.11 bits per heavy atom. The van der Waals surface area contributed by atoms with Gasteiger partial charge in [-0.25, -0.2) is 9.78 Å². The number of carbonyl (C=O) groups is 2. The standard InChI is InChI=1S/C33H34N6O4S2/c1-39(30-18-24(19-34)38-29-7-4-3-6-27(29)30)25-10-13-31(42-2)23(16-25)17-28(36)33(41)43-21-22-8-11-26(12-9-22)45-44-15-5-14-37-32(40)20-35/h3-4,6-13,16,18,36H,5,14-15,17,20-21,35H2,1-2H3,(H,37,40). The first-order valence-corrected chi connectivity index (χ1v) is 16.4. The predicted octanol–water partition coefficient (Wildman–Crippen LogP) is 5.39. The lowest BCUT2D eigenvalue weighted by Gasteiger charge is -2.23. The van der Waals surface area contributed by atoms with Crippen molar-refractivity contribution in [3.05, 3.63) is 89.6 Å². The largest absolute Gasteiger partial charge is 0.496 e. The van der Waals surface area contributed by atoms with Crippen LogP contribution in [-0.2, 0) is 27.4 Å². The molecule has 0 spiro atoms. The summed E-state index contributed by atoms with van der Waals surface area (Å²) in [5.74, 6) is 0.575. The second-order valence-electron chi connectivity index (χ2n) is 9.90. The summed E-state index contributed by atoms with van der Waals surface area (Å²) >= 11 is 0. The van der Waals surface area contributed by atoms with Crippen molar-refractivity contribution in [2.75, 3.05) is 37.9 Å². The van der Waals surface area contributed by atoms with E-state index in [0.717, 1.165) is 39.4 Å². The molecule has 0 bridgehead atoms. The van der Waals surface area contributed by atoms with E-state index in [0.29, 0.717) is 29.1 Å². The van der Waals surface area contributed by atoms with Crippen molar-refractivity contribution in [1.29, 1.82) is 10.7 Å². The van der Waals surface area contributed by atoms with Gasteiger partial charge in [-0.15, -0.1) is 0 Å². The lowest BCUT2D eigenvalue weighted by molar-refractivity contribution is -0.137. The summed E-state index contributed by atoms with van der Waals surface area (Å²) in [5.41, 5.74) is 9.17. The van der Waals surface area contributed by atoms with Crippen molar-refractivity contribution in [3.63, 3.8) is 0 Å². The molecule has 0 fully saturated rings. The van der Waals surface area contributed by atoms with E-state index in [1.54, 1.807) is 40.8 Å². The molecule has 0 unspecified atom stereocenters. The minimum Gasteiger partial charge on any atom is -0.496 e. The van der Waals surface area contributed by atoms with E-state index >= 15 is 0 Å². The van der Waals surface area contributed by atoms with Crippen LogP contribution in [0.15, 0.2) is 77.7 Å². The first-order chi connectivity index (χ1) is 21.8. The van der Waals surface area contributed by atoms with E-state index in [-0.39, 0.29) is 31.2 Å². The highest BCUT2D eigenvalue weighted by Gasteiger charge is 2.18. The zero-order valence-corrected chi connectivity index (χ0v) is 26.7. The summed E-state index contributed by atoms with van der Waals surface area (Å²) in [6.07, 6.45) is 0.869. The summed E-state index contributed by atoms with van der Waals surface area (Å²) in [7, 11) is 6.76. The number of amides is 1. The summed E-state index contributed by atoms with van der Waals surface area (Å²) < 4.78 is 11.0. The van der Waals surface area contributed by atoms with Gasteiger partial charge in [0, 0.05) is 47.3 Å². The van der Waals surface area contributed by atoms with Gasteiger partial charge in [-0.05, 0) is 54.4 Å². The van der Waals surface area contributed by atoms with Gasteiger partial charge in [-0.2, -0.15) is 5.26 Å². The molecule has 10 nitrogen and oxygen atoms in total. The maximum absolute atomic E-state index is 12.8. The number of pyridine rings is 1. The maximum Gasteiger partial charge on any atom is 0.352 e. The summed E-state index contributed by atoms with van der Waals surface area (Å²) in [4.78, 5) is 31.3. The molecule has 0 aliphatic carbocycles. The Bertz CT molecular complexity index is 1710. The number of nitrogens with zero attached hydrogens (tertiary/aromatic N) is 3. The highest BCUT2D eigenvalue weighted by atomic mass is 33.1. The molecular weight excluding hydrogens is 609 g/mol. The molecule has 1 heterocycles. The van der Waals surface area contributed by atoms with Crippen LogP contribution in [0.4, 0.5) is 11.4 Å². The van der Waals surface area contributed by atoms with Gasteiger partial charge in [-0.3, -0.25) is 10.2 Å². The highest BCUT2D eigenvalue weighted by molar-refractivity contribution is 8.76. The summed E-state index contributed by atoms with van der Waals surface area (Å²) in [6, 6.07) is 24.7. The third kappa shape index (κ3) is 9.21. The van der Waals surface area contributed by atoms with Gasteiger partial charge in [-0.1, -0.05) is 51.9 Å². The second-order valence-corrected chi connectivity index (χ2v) is 12.4. The van der Waals surface area contributed by atoms with Crippen molar-refractivity contribution >= 4 is 61.5 Å². The Labute approximate surface area is 270 Å². The number of carbonyl (C=O) groups excluding carboxylic acids is 2. The van der Waals surface area contributed by atoms with Crippen LogP contribution in [0.5, 0.6) is 5.75 Å². The predicted molar refractivity (Wildman–Crippen MR) is 180 cm³/mol. The number of nitrogens with one attached hydrogen (secondary N) is 2. The van der Waals surface area contributed by atoms with Crippen LogP contribution in [0.25, 0.3) is 10.9 Å². The Morgan fingerprint density at radius 3 is 2.62 bits per heavy atom. The summed E-state index contributed by atoms with van der Waals surface area (Å²) in [6.45, 7) is 0.657. The number of aromatic nitrogens is 1. The zero-order chi connectivity index (χ0) is 32.2. The molecule has 0 aliphatic rings. The van der Waals surface area contributed by atoms with Gasteiger partial charge in [0.2, 0.25) is 5.91 Å². The van der Waals surface area contributed by atoms with Gasteiger partial charge in [0.1, 0.15) is 29.8 Å². The lowest BCUT2D eigenvalue weighted by atomic mass is 10.0. The molecule has 0 radical (unpaired) electrons. The zero-order valence-electron chi connectivity index (χ0n) is 25.0. The molecule has 0 saturated carbocycles. The number of benzene rings is 3. The number of para-hydroxylation sites is 1. The van der Waals surface area contributed by atoms with Crippen LogP contribution in [0.1, 0.15) is 23.2 Å². The van der Waals surface area contributed by atoms with Crippen molar-refractivity contribution in [1.82, 2.24) is 10.3 Å². The Kier molecular flexibility index (Phi) is 12.2. The van der Waals surface area contributed by atoms with Crippen molar-refractivity contribution < 1.29 is 19.1 Å². The molecule has 3 aromatic carbocycles. The number of esters is 1.